The highest BCUT2D eigenvalue weighted by Crippen LogP contribution is 2.27. The molecule has 0 aliphatic rings. The zero-order valence-corrected chi connectivity index (χ0v) is 15.0. The topological polar surface area (TPSA) is 86.3 Å². The van der Waals surface area contributed by atoms with E-state index < -0.39 is 5.91 Å². The van der Waals surface area contributed by atoms with Gasteiger partial charge in [0.1, 0.15) is 5.75 Å². The van der Waals surface area contributed by atoms with Crippen molar-refractivity contribution < 1.29 is 14.3 Å². The summed E-state index contributed by atoms with van der Waals surface area (Å²) in [5, 5.41) is 2.83. The van der Waals surface area contributed by atoms with Gasteiger partial charge in [0, 0.05) is 18.0 Å². The van der Waals surface area contributed by atoms with Crippen molar-refractivity contribution in [2.45, 2.75) is 12.5 Å². The Morgan fingerprint density at radius 3 is 2.41 bits per heavy atom. The first-order valence-electron chi connectivity index (χ1n) is 8.53. The average Bonchev–Trinajstić information content (AvgIpc) is 3.21. The van der Waals surface area contributed by atoms with Gasteiger partial charge < -0.3 is 20.4 Å². The number of primary amides is 1. The molecule has 0 aliphatic carbocycles. The Hall–Kier alpha value is -3.54. The van der Waals surface area contributed by atoms with Crippen LogP contribution in [0.3, 0.4) is 0 Å². The van der Waals surface area contributed by atoms with E-state index in [-0.39, 0.29) is 18.4 Å². The number of amides is 2. The summed E-state index contributed by atoms with van der Waals surface area (Å²) in [5.74, 6) is -0.300. The minimum Gasteiger partial charge on any atom is -0.495 e. The highest BCUT2D eigenvalue weighted by atomic mass is 16.5. The van der Waals surface area contributed by atoms with E-state index in [1.54, 1.807) is 12.1 Å². The number of nitrogens with two attached hydrogens (primary N) is 1. The van der Waals surface area contributed by atoms with Crippen LogP contribution in [-0.2, 0) is 4.79 Å². The largest absolute Gasteiger partial charge is 0.495 e. The van der Waals surface area contributed by atoms with E-state index in [1.807, 2.05) is 59.4 Å². The van der Waals surface area contributed by atoms with Crippen LogP contribution in [0.4, 0.5) is 5.69 Å². The van der Waals surface area contributed by atoms with E-state index in [1.165, 1.54) is 13.2 Å². The highest BCUT2D eigenvalue weighted by Gasteiger charge is 2.18. The molecule has 6 nitrogen and oxygen atoms in total. The van der Waals surface area contributed by atoms with Crippen LogP contribution in [0.1, 0.15) is 28.4 Å². The van der Waals surface area contributed by atoms with Gasteiger partial charge in [-0.1, -0.05) is 30.3 Å². The third-order valence-corrected chi connectivity index (χ3v) is 4.31. The summed E-state index contributed by atoms with van der Waals surface area (Å²) >= 11 is 0. The van der Waals surface area contributed by atoms with Crippen molar-refractivity contribution >= 4 is 17.5 Å². The number of hydrogen-bond donors (Lipinski definition) is 2. The van der Waals surface area contributed by atoms with Gasteiger partial charge in [-0.25, -0.2) is 0 Å². The summed E-state index contributed by atoms with van der Waals surface area (Å²) in [7, 11) is 1.50. The average molecular weight is 363 g/mol. The Balaban J connectivity index is 1.83. The summed E-state index contributed by atoms with van der Waals surface area (Å²) in [5.41, 5.74) is 7.08. The molecule has 0 radical (unpaired) electrons. The summed E-state index contributed by atoms with van der Waals surface area (Å²) in [6.07, 6.45) is 4.08. The molecule has 3 N–H and O–H groups in total. The zero-order valence-electron chi connectivity index (χ0n) is 15.0. The lowest BCUT2D eigenvalue weighted by Crippen LogP contribution is -2.20. The first kappa shape index (κ1) is 18.3. The molecule has 0 aliphatic heterocycles. The molecule has 0 spiro atoms. The molecule has 0 saturated heterocycles. The summed E-state index contributed by atoms with van der Waals surface area (Å²) in [6, 6.07) is 18.2. The van der Waals surface area contributed by atoms with Gasteiger partial charge >= 0.3 is 0 Å². The van der Waals surface area contributed by atoms with Crippen LogP contribution in [0.5, 0.6) is 5.75 Å². The minimum atomic E-state index is -0.567. The van der Waals surface area contributed by atoms with E-state index in [4.69, 9.17) is 10.5 Å². The molecule has 3 rings (SSSR count). The number of nitrogens with zero attached hydrogens (tertiary/aromatic N) is 1. The van der Waals surface area contributed by atoms with Gasteiger partial charge in [0.25, 0.3) is 0 Å². The summed E-state index contributed by atoms with van der Waals surface area (Å²) in [4.78, 5) is 24.2. The van der Waals surface area contributed by atoms with E-state index >= 15 is 0 Å². The molecule has 138 valence electrons. The molecule has 1 aromatic heterocycles. The number of carbonyl (C=O) groups excluding carboxylic acids is 2. The van der Waals surface area contributed by atoms with Crippen molar-refractivity contribution in [2.75, 3.05) is 12.4 Å². The lowest BCUT2D eigenvalue weighted by Gasteiger charge is -2.20. The Bertz CT molecular complexity index is 921. The maximum Gasteiger partial charge on any atom is 0.248 e. The van der Waals surface area contributed by atoms with Crippen molar-refractivity contribution in [3.63, 3.8) is 0 Å². The third-order valence-electron chi connectivity index (χ3n) is 4.31. The van der Waals surface area contributed by atoms with Crippen molar-refractivity contribution in [1.29, 1.82) is 0 Å². The number of nitrogens with one attached hydrogen (secondary N) is 1. The SMILES string of the molecule is COc1ccc(C(N)=O)cc1NC(=O)CC(c1ccccc1)n1cccc1. The quantitative estimate of drug-likeness (QED) is 0.676. The summed E-state index contributed by atoms with van der Waals surface area (Å²) < 4.78 is 7.26. The van der Waals surface area contributed by atoms with E-state index in [0.717, 1.165) is 5.56 Å². The molecular weight excluding hydrogens is 342 g/mol. The van der Waals surface area contributed by atoms with Gasteiger partial charge in [-0.05, 0) is 35.9 Å². The Morgan fingerprint density at radius 1 is 1.07 bits per heavy atom. The predicted molar refractivity (Wildman–Crippen MR) is 104 cm³/mol. The first-order valence-corrected chi connectivity index (χ1v) is 8.53. The van der Waals surface area contributed by atoms with Gasteiger partial charge in [0.15, 0.2) is 0 Å². The van der Waals surface area contributed by atoms with Crippen LogP contribution in [0.25, 0.3) is 0 Å². The Morgan fingerprint density at radius 2 is 1.78 bits per heavy atom. The van der Waals surface area contributed by atoms with Gasteiger partial charge in [-0.15, -0.1) is 0 Å². The molecule has 1 atom stereocenters. The van der Waals surface area contributed by atoms with Gasteiger partial charge in [-0.2, -0.15) is 0 Å². The van der Waals surface area contributed by atoms with Crippen molar-refractivity contribution in [3.05, 3.63) is 84.2 Å². The maximum absolute atomic E-state index is 12.7. The normalized spacial score (nSPS) is 11.6. The number of hydrogen-bond acceptors (Lipinski definition) is 3. The van der Waals surface area contributed by atoms with Crippen LogP contribution in [0, 0.1) is 0 Å². The van der Waals surface area contributed by atoms with E-state index in [9.17, 15) is 9.59 Å². The fourth-order valence-corrected chi connectivity index (χ4v) is 2.96. The highest BCUT2D eigenvalue weighted by molar-refractivity contribution is 5.97. The number of ether oxygens (including phenoxy) is 1. The molecule has 0 saturated carbocycles. The van der Waals surface area contributed by atoms with Gasteiger partial charge in [0.05, 0.1) is 25.3 Å². The lowest BCUT2D eigenvalue weighted by molar-refractivity contribution is -0.116. The molecular formula is C21H21N3O3. The fourth-order valence-electron chi connectivity index (χ4n) is 2.96. The van der Waals surface area contributed by atoms with Crippen LogP contribution >= 0.6 is 0 Å². The summed E-state index contributed by atoms with van der Waals surface area (Å²) in [6.45, 7) is 0. The maximum atomic E-state index is 12.7. The molecule has 3 aromatic rings. The van der Waals surface area contributed by atoms with E-state index in [2.05, 4.69) is 5.32 Å². The zero-order chi connectivity index (χ0) is 19.2. The Kier molecular flexibility index (Phi) is 5.56. The van der Waals surface area contributed by atoms with Crippen molar-refractivity contribution in [3.8, 4) is 5.75 Å². The monoisotopic (exact) mass is 363 g/mol. The molecule has 1 heterocycles. The van der Waals surface area contributed by atoms with Gasteiger partial charge in [-0.3, -0.25) is 9.59 Å². The van der Waals surface area contributed by atoms with Crippen LogP contribution in [-0.4, -0.2) is 23.5 Å². The molecule has 0 bridgehead atoms. The number of rotatable bonds is 7. The number of carbonyl (C=O) groups is 2. The molecule has 0 fully saturated rings. The van der Waals surface area contributed by atoms with Crippen molar-refractivity contribution in [1.82, 2.24) is 4.57 Å². The molecule has 2 amide bonds. The lowest BCUT2D eigenvalue weighted by atomic mass is 10.0. The standard InChI is InChI=1S/C21H21N3O3/c1-27-19-10-9-16(21(22)26)13-17(19)23-20(25)14-18(24-11-5-6-12-24)15-7-3-2-4-8-15/h2-13,18H,14H2,1H3,(H2,22,26)(H,23,25). The second-order valence-corrected chi connectivity index (χ2v) is 6.09. The van der Waals surface area contributed by atoms with Crippen molar-refractivity contribution in [2.24, 2.45) is 5.73 Å². The molecule has 1 unspecified atom stereocenters. The number of methoxy groups -OCH3 is 1. The fraction of sp³-hybridized carbons (Fsp3) is 0.143. The second-order valence-electron chi connectivity index (χ2n) is 6.09. The smallest absolute Gasteiger partial charge is 0.248 e. The van der Waals surface area contributed by atoms with Crippen LogP contribution < -0.4 is 15.8 Å². The Labute approximate surface area is 157 Å². The predicted octanol–water partition coefficient (Wildman–Crippen LogP) is 3.21. The van der Waals surface area contributed by atoms with Crippen LogP contribution in [0.2, 0.25) is 0 Å². The van der Waals surface area contributed by atoms with Crippen LogP contribution in [0.15, 0.2) is 73.1 Å². The number of benzene rings is 2. The van der Waals surface area contributed by atoms with Gasteiger partial charge in [0.2, 0.25) is 11.8 Å². The van der Waals surface area contributed by atoms with E-state index in [0.29, 0.717) is 17.0 Å². The third kappa shape index (κ3) is 4.36. The first-order chi connectivity index (χ1) is 13.1. The number of anilines is 1. The minimum absolute atomic E-state index is 0.147. The molecule has 6 heteroatoms. The molecule has 27 heavy (non-hydrogen) atoms. The number of aromatic nitrogens is 1. The molecule has 2 aromatic carbocycles. The second kappa shape index (κ2) is 8.23.